The Labute approximate surface area is 158 Å². The summed E-state index contributed by atoms with van der Waals surface area (Å²) in [6, 6.07) is 16.8. The quantitative estimate of drug-likeness (QED) is 0.724. The molecule has 0 radical (unpaired) electrons. The summed E-state index contributed by atoms with van der Waals surface area (Å²) in [4.78, 5) is 21.7. The fourth-order valence-electron chi connectivity index (χ4n) is 4.72. The highest BCUT2D eigenvalue weighted by atomic mass is 16.6. The predicted octanol–water partition coefficient (Wildman–Crippen LogP) is 4.86. The van der Waals surface area contributed by atoms with E-state index in [1.54, 1.807) is 6.33 Å². The minimum atomic E-state index is -0.232. The maximum atomic E-state index is 12.5. The van der Waals surface area contributed by atoms with Crippen molar-refractivity contribution >= 4 is 22.8 Å². The van der Waals surface area contributed by atoms with Crippen molar-refractivity contribution in [1.82, 2.24) is 9.97 Å². The van der Waals surface area contributed by atoms with Gasteiger partial charge in [0, 0.05) is 5.69 Å². The van der Waals surface area contributed by atoms with Gasteiger partial charge in [0.25, 0.3) is 0 Å². The smallest absolute Gasteiger partial charge is 0.414 e. The van der Waals surface area contributed by atoms with E-state index in [2.05, 4.69) is 40.3 Å². The van der Waals surface area contributed by atoms with Crippen LogP contribution in [0.1, 0.15) is 37.2 Å². The van der Waals surface area contributed by atoms with Gasteiger partial charge in [0.15, 0.2) is 0 Å². The number of carbonyl (C=O) groups is 1. The van der Waals surface area contributed by atoms with E-state index in [9.17, 15) is 4.79 Å². The van der Waals surface area contributed by atoms with Gasteiger partial charge in [0.05, 0.1) is 23.4 Å². The molecule has 0 unspecified atom stereocenters. The lowest BCUT2D eigenvalue weighted by molar-refractivity contribution is 0.173. The molecule has 5 nitrogen and oxygen atoms in total. The Balaban J connectivity index is 1.34. The number of H-pyrrole nitrogens is 1. The van der Waals surface area contributed by atoms with Gasteiger partial charge in [-0.1, -0.05) is 30.3 Å². The van der Waals surface area contributed by atoms with Crippen LogP contribution in [-0.4, -0.2) is 28.7 Å². The number of hydrogen-bond acceptors (Lipinski definition) is 3. The number of benzene rings is 2. The van der Waals surface area contributed by atoms with Gasteiger partial charge in [-0.3, -0.25) is 4.90 Å². The van der Waals surface area contributed by atoms with Gasteiger partial charge in [-0.15, -0.1) is 0 Å². The lowest BCUT2D eigenvalue weighted by atomic mass is 9.76. The zero-order valence-electron chi connectivity index (χ0n) is 15.2. The standard InChI is InChI=1S/C22H23N3O2/c26-22-25(18-10-11-19-20(12-18)24-14-23-19)21(13-27-22)17-8-6-16(7-9-17)15-4-2-1-3-5-15/h1-5,10-12,14,16-17,21H,6-9,13H2,(H,23,24)/t16?,17?,21-/m1/s1. The van der Waals surface area contributed by atoms with Crippen molar-refractivity contribution in [2.75, 3.05) is 11.5 Å². The first kappa shape index (κ1) is 16.4. The molecule has 2 aromatic carbocycles. The first-order chi connectivity index (χ1) is 13.3. The molecule has 1 aromatic heterocycles. The zero-order valence-corrected chi connectivity index (χ0v) is 15.2. The third-order valence-electron chi connectivity index (χ3n) is 6.17. The van der Waals surface area contributed by atoms with E-state index in [0.717, 1.165) is 29.6 Å². The van der Waals surface area contributed by atoms with Crippen molar-refractivity contribution in [3.8, 4) is 0 Å². The number of fused-ring (bicyclic) bond motifs is 1. The molecule has 2 heterocycles. The summed E-state index contributed by atoms with van der Waals surface area (Å²) in [7, 11) is 0. The van der Waals surface area contributed by atoms with E-state index in [1.165, 1.54) is 18.4 Å². The van der Waals surface area contributed by atoms with Gasteiger partial charge in [-0.2, -0.15) is 0 Å². The second-order valence-electron chi connectivity index (χ2n) is 7.64. The number of imidazole rings is 1. The summed E-state index contributed by atoms with van der Waals surface area (Å²) in [5.74, 6) is 1.11. The lowest BCUT2D eigenvalue weighted by Gasteiger charge is -2.34. The van der Waals surface area contributed by atoms with Crippen molar-refractivity contribution in [3.63, 3.8) is 0 Å². The summed E-state index contributed by atoms with van der Waals surface area (Å²) >= 11 is 0. The molecular formula is C22H23N3O2. The van der Waals surface area contributed by atoms with Crippen molar-refractivity contribution < 1.29 is 9.53 Å². The van der Waals surface area contributed by atoms with E-state index in [1.807, 2.05) is 23.1 Å². The van der Waals surface area contributed by atoms with Crippen LogP contribution < -0.4 is 4.90 Å². The number of aromatic nitrogens is 2. The molecule has 1 N–H and O–H groups in total. The molecule has 0 spiro atoms. The molecule has 27 heavy (non-hydrogen) atoms. The molecular weight excluding hydrogens is 338 g/mol. The number of amides is 1. The molecule has 1 amide bonds. The van der Waals surface area contributed by atoms with Crippen LogP contribution in [0.3, 0.4) is 0 Å². The molecule has 5 rings (SSSR count). The Morgan fingerprint density at radius 2 is 1.85 bits per heavy atom. The molecule has 0 bridgehead atoms. The second kappa shape index (κ2) is 6.72. The van der Waals surface area contributed by atoms with Gasteiger partial charge in [0.2, 0.25) is 0 Å². The number of hydrogen-bond donors (Lipinski definition) is 1. The summed E-state index contributed by atoms with van der Waals surface area (Å²) in [6.45, 7) is 0.487. The summed E-state index contributed by atoms with van der Waals surface area (Å²) in [5, 5.41) is 0. The molecule has 2 fully saturated rings. The third-order valence-corrected chi connectivity index (χ3v) is 6.17. The number of nitrogens with one attached hydrogen (secondary N) is 1. The topological polar surface area (TPSA) is 58.2 Å². The van der Waals surface area contributed by atoms with Crippen LogP contribution in [-0.2, 0) is 4.74 Å². The third kappa shape index (κ3) is 2.97. The number of anilines is 1. The van der Waals surface area contributed by atoms with Crippen LogP contribution in [0.4, 0.5) is 10.5 Å². The average Bonchev–Trinajstić information content (AvgIpc) is 3.34. The van der Waals surface area contributed by atoms with Crippen LogP contribution in [0.15, 0.2) is 54.9 Å². The number of ether oxygens (including phenoxy) is 1. The summed E-state index contributed by atoms with van der Waals surface area (Å²) in [5.41, 5.74) is 4.19. The van der Waals surface area contributed by atoms with Gasteiger partial charge in [0.1, 0.15) is 6.61 Å². The first-order valence-electron chi connectivity index (χ1n) is 9.73. The van der Waals surface area contributed by atoms with E-state index in [0.29, 0.717) is 18.4 Å². The van der Waals surface area contributed by atoms with Crippen LogP contribution in [0.5, 0.6) is 0 Å². The Morgan fingerprint density at radius 1 is 1.04 bits per heavy atom. The number of nitrogens with zero attached hydrogens (tertiary/aromatic N) is 2. The molecule has 1 saturated carbocycles. The molecule has 138 valence electrons. The highest BCUT2D eigenvalue weighted by Gasteiger charge is 2.40. The van der Waals surface area contributed by atoms with E-state index in [4.69, 9.17) is 4.74 Å². The Bertz CT molecular complexity index is 944. The Morgan fingerprint density at radius 3 is 2.67 bits per heavy atom. The van der Waals surface area contributed by atoms with E-state index in [-0.39, 0.29) is 12.1 Å². The number of rotatable bonds is 3. The highest BCUT2D eigenvalue weighted by Crippen LogP contribution is 2.40. The first-order valence-corrected chi connectivity index (χ1v) is 9.73. The summed E-state index contributed by atoms with van der Waals surface area (Å²) in [6.07, 6.45) is 6.05. The minimum absolute atomic E-state index is 0.120. The minimum Gasteiger partial charge on any atom is -0.447 e. The molecule has 1 atom stereocenters. The molecule has 1 aliphatic heterocycles. The number of aromatic amines is 1. The number of carbonyl (C=O) groups excluding carboxylic acids is 1. The van der Waals surface area contributed by atoms with Crippen molar-refractivity contribution in [1.29, 1.82) is 0 Å². The zero-order chi connectivity index (χ0) is 18.2. The lowest BCUT2D eigenvalue weighted by Crippen LogP contribution is -2.40. The maximum Gasteiger partial charge on any atom is 0.414 e. The van der Waals surface area contributed by atoms with E-state index >= 15 is 0 Å². The highest BCUT2D eigenvalue weighted by molar-refractivity contribution is 5.93. The van der Waals surface area contributed by atoms with Crippen molar-refractivity contribution in [3.05, 3.63) is 60.4 Å². The predicted molar refractivity (Wildman–Crippen MR) is 105 cm³/mol. The molecule has 2 aliphatic rings. The maximum absolute atomic E-state index is 12.5. The van der Waals surface area contributed by atoms with Crippen LogP contribution in [0.25, 0.3) is 11.0 Å². The van der Waals surface area contributed by atoms with Crippen LogP contribution in [0, 0.1) is 5.92 Å². The SMILES string of the molecule is O=C1OC[C@H](C2CCC(c3ccccc3)CC2)N1c1ccc2nc[nH]c2c1. The molecule has 3 aromatic rings. The normalized spacial score (nSPS) is 25.7. The van der Waals surface area contributed by atoms with E-state index < -0.39 is 0 Å². The fraction of sp³-hybridized carbons (Fsp3) is 0.364. The van der Waals surface area contributed by atoms with Gasteiger partial charge in [-0.25, -0.2) is 9.78 Å². The monoisotopic (exact) mass is 361 g/mol. The average molecular weight is 361 g/mol. The van der Waals surface area contributed by atoms with Crippen LogP contribution >= 0.6 is 0 Å². The fourth-order valence-corrected chi connectivity index (χ4v) is 4.72. The summed E-state index contributed by atoms with van der Waals surface area (Å²) < 4.78 is 5.45. The largest absolute Gasteiger partial charge is 0.447 e. The van der Waals surface area contributed by atoms with Crippen molar-refractivity contribution in [2.24, 2.45) is 5.92 Å². The van der Waals surface area contributed by atoms with Gasteiger partial charge < -0.3 is 9.72 Å². The second-order valence-corrected chi connectivity index (χ2v) is 7.64. The molecule has 1 saturated heterocycles. The number of cyclic esters (lactones) is 1. The van der Waals surface area contributed by atoms with Gasteiger partial charge >= 0.3 is 6.09 Å². The van der Waals surface area contributed by atoms with Gasteiger partial charge in [-0.05, 0) is 61.3 Å². The van der Waals surface area contributed by atoms with Crippen LogP contribution in [0.2, 0.25) is 0 Å². The molecule has 5 heteroatoms. The Kier molecular flexibility index (Phi) is 4.07. The Hall–Kier alpha value is -2.82. The molecule has 1 aliphatic carbocycles. The van der Waals surface area contributed by atoms with Crippen molar-refractivity contribution in [2.45, 2.75) is 37.6 Å².